The number of anilines is 2. The van der Waals surface area contributed by atoms with Crippen LogP contribution in [0.2, 0.25) is 0 Å². The number of hydrogen-bond donors (Lipinski definition) is 5. The van der Waals surface area contributed by atoms with Crippen LogP contribution in [-0.4, -0.2) is 100 Å². The Morgan fingerprint density at radius 1 is 0.935 bits per heavy atom. The van der Waals surface area contributed by atoms with Crippen molar-refractivity contribution in [2.75, 3.05) is 31.0 Å². The topological polar surface area (TPSA) is 269 Å². The van der Waals surface area contributed by atoms with Crippen LogP contribution >= 0.6 is 26.6 Å². The number of imidazole rings is 2. The van der Waals surface area contributed by atoms with Crippen molar-refractivity contribution in [3.8, 4) is 0 Å². The molecule has 2 bridgehead atoms. The highest BCUT2D eigenvalue weighted by Crippen LogP contribution is 2.58. The number of nitrogens with zero attached hydrogens (tertiary/aromatic N) is 7. The Morgan fingerprint density at radius 2 is 1.63 bits per heavy atom. The second-order valence-corrected chi connectivity index (χ2v) is 15.1. The molecule has 3 aliphatic heterocycles. The van der Waals surface area contributed by atoms with E-state index in [4.69, 9.17) is 39.2 Å². The molecular formula is C21H24F2N10O10P2S. The molecule has 10 atom stereocenters. The number of fused-ring (bicyclic) bond motifs is 5. The number of nitrogen functional groups attached to an aromatic ring is 2. The van der Waals surface area contributed by atoms with Crippen LogP contribution in [0, 0.1) is 0 Å². The first-order chi connectivity index (χ1) is 21.8. The van der Waals surface area contributed by atoms with Gasteiger partial charge in [0.15, 0.2) is 47.4 Å². The molecular weight excluding hydrogens is 684 g/mol. The van der Waals surface area contributed by atoms with Crippen molar-refractivity contribution < 1.29 is 50.6 Å². The Bertz CT molecular complexity index is 1970. The smallest absolute Gasteiger partial charge is 0.382 e. The quantitative estimate of drug-likeness (QED) is 0.141. The van der Waals surface area contributed by atoms with Gasteiger partial charge in [0.1, 0.15) is 42.6 Å². The first-order valence-corrected chi connectivity index (χ1v) is 17.8. The van der Waals surface area contributed by atoms with Crippen LogP contribution in [0.25, 0.3) is 22.3 Å². The monoisotopic (exact) mass is 708 g/mol. The summed E-state index contributed by atoms with van der Waals surface area (Å²) >= 11 is 3.99. The molecule has 0 aromatic carbocycles. The molecule has 0 radical (unpaired) electrons. The van der Waals surface area contributed by atoms with Crippen molar-refractivity contribution in [3.05, 3.63) is 29.3 Å². The van der Waals surface area contributed by atoms with E-state index in [1.54, 1.807) is 0 Å². The number of alkyl halides is 2. The van der Waals surface area contributed by atoms with Crippen LogP contribution in [0.15, 0.2) is 23.8 Å². The molecule has 3 saturated heterocycles. The Labute approximate surface area is 259 Å². The lowest BCUT2D eigenvalue weighted by Crippen LogP contribution is -2.36. The number of nitrogens with two attached hydrogens (primary N) is 2. The van der Waals surface area contributed by atoms with Gasteiger partial charge < -0.3 is 35.1 Å². The van der Waals surface area contributed by atoms with Gasteiger partial charge in [-0.2, -0.15) is 4.98 Å². The predicted octanol–water partition coefficient (Wildman–Crippen LogP) is 0.593. The molecule has 2 unspecified atom stereocenters. The van der Waals surface area contributed by atoms with Gasteiger partial charge in [0.25, 0.3) is 5.56 Å². The van der Waals surface area contributed by atoms with Crippen LogP contribution in [0.4, 0.5) is 20.5 Å². The molecule has 6 N–H and O–H groups in total. The molecule has 20 nitrogen and oxygen atoms in total. The average Bonchev–Trinajstić information content (AvgIpc) is 3.75. The minimum Gasteiger partial charge on any atom is -0.382 e. The fourth-order valence-electron chi connectivity index (χ4n) is 5.36. The SMILES string of the molecule is Nc1nc2c(ncn2[C@@H]2O[C@@H]3COP(=O)(O)CO[C@H]4[C@@H](F)[C@H](n5cnc6c(N)ncnc65)O[C@@H]4COP(=O)(S)O[C@@H]2[C@@H]3F)c(=O)[nH]1. The summed E-state index contributed by atoms with van der Waals surface area (Å²) < 4.78 is 93.5. The molecule has 25 heteroatoms. The molecule has 4 aromatic heterocycles. The van der Waals surface area contributed by atoms with E-state index in [1.165, 1.54) is 10.9 Å². The third-order valence-electron chi connectivity index (χ3n) is 7.44. The minimum atomic E-state index is -4.67. The van der Waals surface area contributed by atoms with E-state index >= 15 is 8.78 Å². The van der Waals surface area contributed by atoms with E-state index in [-0.39, 0.29) is 34.1 Å². The Balaban J connectivity index is 1.20. The van der Waals surface area contributed by atoms with Gasteiger partial charge in [0, 0.05) is 0 Å². The molecule has 3 aliphatic rings. The molecule has 0 amide bonds. The molecule has 4 aromatic rings. The van der Waals surface area contributed by atoms with Gasteiger partial charge in [0.05, 0.1) is 25.9 Å². The van der Waals surface area contributed by atoms with Crippen molar-refractivity contribution in [2.24, 2.45) is 0 Å². The summed E-state index contributed by atoms with van der Waals surface area (Å²) in [4.78, 5) is 45.0. The van der Waals surface area contributed by atoms with Gasteiger partial charge in [0.2, 0.25) is 5.95 Å². The summed E-state index contributed by atoms with van der Waals surface area (Å²) in [6.45, 7) is -6.05. The zero-order valence-corrected chi connectivity index (χ0v) is 25.7. The van der Waals surface area contributed by atoms with E-state index in [2.05, 4.69) is 42.2 Å². The lowest BCUT2D eigenvalue weighted by molar-refractivity contribution is -0.0551. The van der Waals surface area contributed by atoms with Crippen molar-refractivity contribution in [3.63, 3.8) is 0 Å². The van der Waals surface area contributed by atoms with Gasteiger partial charge in [-0.05, 0) is 0 Å². The summed E-state index contributed by atoms with van der Waals surface area (Å²) in [5, 5.41) is 0. The number of ether oxygens (including phenoxy) is 3. The van der Waals surface area contributed by atoms with Crippen molar-refractivity contribution in [1.82, 2.24) is 39.0 Å². The van der Waals surface area contributed by atoms with Crippen LogP contribution in [-0.2, 0) is 36.9 Å². The zero-order valence-electron chi connectivity index (χ0n) is 23.0. The summed E-state index contributed by atoms with van der Waals surface area (Å²) in [6, 6.07) is 0. The maximum Gasteiger partial charge on any atom is 0.386 e. The fraction of sp³-hybridized carbons (Fsp3) is 0.524. The van der Waals surface area contributed by atoms with Gasteiger partial charge in [-0.1, -0.05) is 12.2 Å². The molecule has 0 spiro atoms. The van der Waals surface area contributed by atoms with Crippen LogP contribution in [0.5, 0.6) is 0 Å². The lowest BCUT2D eigenvalue weighted by Gasteiger charge is -2.26. The predicted molar refractivity (Wildman–Crippen MR) is 153 cm³/mol. The number of aromatic nitrogens is 8. The second-order valence-electron chi connectivity index (χ2n) is 10.4. The summed E-state index contributed by atoms with van der Waals surface area (Å²) in [5.41, 5.74) is 10.8. The van der Waals surface area contributed by atoms with Gasteiger partial charge >= 0.3 is 14.4 Å². The number of nitrogens with one attached hydrogen (secondary N) is 1. The van der Waals surface area contributed by atoms with Crippen LogP contribution in [0.1, 0.15) is 12.5 Å². The summed E-state index contributed by atoms with van der Waals surface area (Å²) in [7, 11) is -4.67. The Hall–Kier alpha value is -3.11. The van der Waals surface area contributed by atoms with Gasteiger partial charge in [-0.25, -0.2) is 33.3 Å². The van der Waals surface area contributed by atoms with Gasteiger partial charge in [-0.15, -0.1) is 0 Å². The summed E-state index contributed by atoms with van der Waals surface area (Å²) in [6.07, 6.45) is -11.1. The van der Waals surface area contributed by atoms with Crippen molar-refractivity contribution >= 4 is 60.7 Å². The number of H-pyrrole nitrogens is 1. The minimum absolute atomic E-state index is 0.0272. The third kappa shape index (κ3) is 5.59. The standard InChI is InChI=1S/C21H24F2N10O10P2S/c22-9-7-1-39-44(35,36)6-38-13-8(42-19(10(13)23)32-4-28-11-15(24)26-3-27-16(11)32)2-40-45(37,46)43-14(9)20(41-7)33-5-29-12-17(33)30-21(25)31-18(12)34/h3-5,7-10,13-14,19-20H,1-2,6H2,(H,35,36)(H,37,46)(H2,24,26,27)(H3,25,30,31,34)/t7-,8-,9-,10-,13-,14-,19-,20-,45?/m1/s1. The Morgan fingerprint density at radius 3 is 2.41 bits per heavy atom. The summed E-state index contributed by atoms with van der Waals surface area (Å²) in [5.74, 6) is -0.260. The first kappa shape index (κ1) is 31.5. The van der Waals surface area contributed by atoms with Crippen molar-refractivity contribution in [1.29, 1.82) is 0 Å². The number of hydrogen-bond acceptors (Lipinski definition) is 16. The van der Waals surface area contributed by atoms with E-state index in [1.807, 2.05) is 0 Å². The third-order valence-corrected chi connectivity index (χ3v) is 10.1. The first-order valence-electron chi connectivity index (χ1n) is 13.3. The molecule has 0 saturated carbocycles. The van der Waals surface area contributed by atoms with Crippen LogP contribution < -0.4 is 17.0 Å². The highest BCUT2D eigenvalue weighted by atomic mass is 32.7. The largest absolute Gasteiger partial charge is 0.386 e. The molecule has 248 valence electrons. The maximum atomic E-state index is 15.9. The van der Waals surface area contributed by atoms with E-state index in [0.717, 1.165) is 17.2 Å². The molecule has 7 rings (SSSR count). The second kappa shape index (κ2) is 11.5. The van der Waals surface area contributed by atoms with E-state index < -0.39 is 88.7 Å². The van der Waals surface area contributed by atoms with Crippen molar-refractivity contribution in [2.45, 2.75) is 49.2 Å². The van der Waals surface area contributed by atoms with Crippen LogP contribution in [0.3, 0.4) is 0 Å². The molecule has 3 fully saturated rings. The lowest BCUT2D eigenvalue weighted by atomic mass is 10.1. The maximum absolute atomic E-state index is 15.9. The Kier molecular flexibility index (Phi) is 7.90. The fourth-order valence-corrected chi connectivity index (χ4v) is 7.63. The normalized spacial score (nSPS) is 37.4. The molecule has 46 heavy (non-hydrogen) atoms. The average molecular weight is 708 g/mol. The zero-order chi connectivity index (χ0) is 32.5. The molecule has 0 aliphatic carbocycles. The van der Waals surface area contributed by atoms with E-state index in [0.29, 0.717) is 0 Å². The van der Waals surface area contributed by atoms with Gasteiger partial charge in [-0.3, -0.25) is 32.5 Å². The highest BCUT2D eigenvalue weighted by Gasteiger charge is 2.53. The number of rotatable bonds is 2. The molecule has 7 heterocycles. The number of halogens is 2. The highest BCUT2D eigenvalue weighted by molar-refractivity contribution is 8.44. The number of aromatic amines is 1. The van der Waals surface area contributed by atoms with E-state index in [9.17, 15) is 18.8 Å². The number of thiol groups is 1.